The van der Waals surface area contributed by atoms with Crippen molar-refractivity contribution in [2.24, 2.45) is 11.7 Å². The first kappa shape index (κ1) is 12.0. The molecule has 2 amide bonds. The van der Waals surface area contributed by atoms with Gasteiger partial charge in [-0.05, 0) is 5.92 Å². The van der Waals surface area contributed by atoms with Crippen LogP contribution in [-0.2, 0) is 9.59 Å². The van der Waals surface area contributed by atoms with Gasteiger partial charge in [0.2, 0.25) is 11.8 Å². The zero-order valence-corrected chi connectivity index (χ0v) is 9.25. The number of carbonyl (C=O) groups excluding carboxylic acids is 2. The van der Waals surface area contributed by atoms with Gasteiger partial charge in [-0.3, -0.25) is 9.59 Å². The molecule has 0 aromatic rings. The number of rotatable bonds is 4. The van der Waals surface area contributed by atoms with E-state index in [0.29, 0.717) is 13.0 Å². The van der Waals surface area contributed by atoms with E-state index in [1.807, 2.05) is 13.8 Å². The molecular weight excluding hydrogens is 194 g/mol. The molecule has 0 aliphatic carbocycles. The molecule has 1 heterocycles. The predicted octanol–water partition coefficient (Wildman–Crippen LogP) is -0.635. The first-order valence-corrected chi connectivity index (χ1v) is 5.37. The zero-order valence-electron chi connectivity index (χ0n) is 9.25. The lowest BCUT2D eigenvalue weighted by Gasteiger charge is -2.19. The van der Waals surface area contributed by atoms with Crippen LogP contribution < -0.4 is 16.4 Å². The van der Waals surface area contributed by atoms with Crippen LogP contribution in [0.15, 0.2) is 0 Å². The molecule has 1 fully saturated rings. The number of nitrogens with one attached hydrogen (secondary N) is 2. The molecule has 1 aliphatic heterocycles. The fraction of sp³-hybridized carbons (Fsp3) is 0.800. The largest absolute Gasteiger partial charge is 0.354 e. The fourth-order valence-corrected chi connectivity index (χ4v) is 1.52. The lowest BCUT2D eigenvalue weighted by Crippen LogP contribution is -2.48. The highest BCUT2D eigenvalue weighted by Gasteiger charge is 2.26. The average Bonchev–Trinajstić information content (AvgIpc) is 2.61. The zero-order chi connectivity index (χ0) is 11.4. The Bertz CT molecular complexity index is 255. The highest BCUT2D eigenvalue weighted by molar-refractivity contribution is 5.84. The summed E-state index contributed by atoms with van der Waals surface area (Å²) < 4.78 is 0. The molecule has 1 rings (SSSR count). The van der Waals surface area contributed by atoms with Crippen molar-refractivity contribution in [1.29, 1.82) is 0 Å². The number of amides is 2. The quantitative estimate of drug-likeness (QED) is 0.581. The van der Waals surface area contributed by atoms with Gasteiger partial charge in [-0.1, -0.05) is 20.3 Å². The summed E-state index contributed by atoms with van der Waals surface area (Å²) in [5.41, 5.74) is 5.77. The Morgan fingerprint density at radius 3 is 2.87 bits per heavy atom. The van der Waals surface area contributed by atoms with Crippen LogP contribution in [0.2, 0.25) is 0 Å². The van der Waals surface area contributed by atoms with Crippen LogP contribution >= 0.6 is 0 Å². The van der Waals surface area contributed by atoms with Gasteiger partial charge < -0.3 is 16.4 Å². The van der Waals surface area contributed by atoms with Crippen molar-refractivity contribution in [3.63, 3.8) is 0 Å². The van der Waals surface area contributed by atoms with E-state index < -0.39 is 6.04 Å². The van der Waals surface area contributed by atoms with Gasteiger partial charge in [0.05, 0.1) is 12.1 Å². The van der Waals surface area contributed by atoms with Crippen molar-refractivity contribution >= 4 is 11.8 Å². The van der Waals surface area contributed by atoms with Crippen LogP contribution in [-0.4, -0.2) is 30.4 Å². The molecule has 3 atom stereocenters. The van der Waals surface area contributed by atoms with Gasteiger partial charge in [0.25, 0.3) is 0 Å². The first-order valence-electron chi connectivity index (χ1n) is 5.37. The molecule has 5 heteroatoms. The van der Waals surface area contributed by atoms with Crippen LogP contribution in [0.5, 0.6) is 0 Å². The summed E-state index contributed by atoms with van der Waals surface area (Å²) in [5, 5.41) is 5.44. The van der Waals surface area contributed by atoms with Gasteiger partial charge in [-0.25, -0.2) is 0 Å². The predicted molar refractivity (Wildman–Crippen MR) is 57.0 cm³/mol. The molecular formula is C10H19N3O2. The maximum absolute atomic E-state index is 11.6. The molecule has 5 nitrogen and oxygen atoms in total. The summed E-state index contributed by atoms with van der Waals surface area (Å²) in [7, 11) is 0. The first-order chi connectivity index (χ1) is 7.04. The Balaban J connectivity index is 2.38. The summed E-state index contributed by atoms with van der Waals surface area (Å²) in [6.07, 6.45) is 1.23. The van der Waals surface area contributed by atoms with Crippen molar-refractivity contribution in [3.8, 4) is 0 Å². The number of hydrogen-bond donors (Lipinski definition) is 3. The summed E-state index contributed by atoms with van der Waals surface area (Å²) >= 11 is 0. The van der Waals surface area contributed by atoms with E-state index in [4.69, 9.17) is 5.73 Å². The SMILES string of the molecule is CC[C@H](C)[C@H](N)C(=O)NC1CNC(=O)C1. The fourth-order valence-electron chi connectivity index (χ4n) is 1.52. The van der Waals surface area contributed by atoms with Gasteiger partial charge in [-0.15, -0.1) is 0 Å². The Morgan fingerprint density at radius 2 is 2.40 bits per heavy atom. The summed E-state index contributed by atoms with van der Waals surface area (Å²) in [4.78, 5) is 22.5. The van der Waals surface area contributed by atoms with E-state index >= 15 is 0 Å². The van der Waals surface area contributed by atoms with Gasteiger partial charge in [0, 0.05) is 13.0 Å². The van der Waals surface area contributed by atoms with Crippen LogP contribution in [0.3, 0.4) is 0 Å². The molecule has 4 N–H and O–H groups in total. The second-order valence-corrected chi connectivity index (χ2v) is 4.13. The van der Waals surface area contributed by atoms with Crippen molar-refractivity contribution in [3.05, 3.63) is 0 Å². The minimum atomic E-state index is -0.481. The minimum absolute atomic E-state index is 0.0163. The normalized spacial score (nSPS) is 24.5. The molecule has 15 heavy (non-hydrogen) atoms. The second kappa shape index (κ2) is 5.11. The van der Waals surface area contributed by atoms with E-state index in [1.165, 1.54) is 0 Å². The molecule has 0 spiro atoms. The Kier molecular flexibility index (Phi) is 4.08. The van der Waals surface area contributed by atoms with E-state index in [1.54, 1.807) is 0 Å². The molecule has 0 bridgehead atoms. The standard InChI is InChI=1S/C10H19N3O2/c1-3-6(2)9(11)10(15)13-7-4-8(14)12-5-7/h6-7,9H,3-5,11H2,1-2H3,(H,12,14)(H,13,15)/t6-,7?,9-/m0/s1. The molecule has 0 saturated carbocycles. The topological polar surface area (TPSA) is 84.2 Å². The third-order valence-corrected chi connectivity index (χ3v) is 2.88. The van der Waals surface area contributed by atoms with Crippen molar-refractivity contribution < 1.29 is 9.59 Å². The minimum Gasteiger partial charge on any atom is -0.354 e. The smallest absolute Gasteiger partial charge is 0.237 e. The van der Waals surface area contributed by atoms with Crippen LogP contribution in [0.25, 0.3) is 0 Å². The third-order valence-electron chi connectivity index (χ3n) is 2.88. The van der Waals surface area contributed by atoms with Crippen LogP contribution in [0.4, 0.5) is 0 Å². The Labute approximate surface area is 89.8 Å². The maximum Gasteiger partial charge on any atom is 0.237 e. The maximum atomic E-state index is 11.6. The van der Waals surface area contributed by atoms with Gasteiger partial charge in [-0.2, -0.15) is 0 Å². The highest BCUT2D eigenvalue weighted by Crippen LogP contribution is 2.06. The van der Waals surface area contributed by atoms with Gasteiger partial charge in [0.15, 0.2) is 0 Å². The van der Waals surface area contributed by atoms with Gasteiger partial charge >= 0.3 is 0 Å². The lowest BCUT2D eigenvalue weighted by molar-refractivity contribution is -0.124. The van der Waals surface area contributed by atoms with Crippen molar-refractivity contribution in [1.82, 2.24) is 10.6 Å². The van der Waals surface area contributed by atoms with Crippen LogP contribution in [0, 0.1) is 5.92 Å². The number of carbonyl (C=O) groups is 2. The monoisotopic (exact) mass is 213 g/mol. The second-order valence-electron chi connectivity index (χ2n) is 4.13. The average molecular weight is 213 g/mol. The Hall–Kier alpha value is -1.10. The Morgan fingerprint density at radius 1 is 1.73 bits per heavy atom. The van der Waals surface area contributed by atoms with Crippen molar-refractivity contribution in [2.45, 2.75) is 38.8 Å². The molecule has 0 aromatic heterocycles. The molecule has 1 aliphatic rings. The van der Waals surface area contributed by atoms with E-state index in [2.05, 4.69) is 10.6 Å². The third kappa shape index (κ3) is 3.20. The highest BCUT2D eigenvalue weighted by atomic mass is 16.2. The van der Waals surface area contributed by atoms with Crippen molar-refractivity contribution in [2.75, 3.05) is 6.54 Å². The molecule has 0 radical (unpaired) electrons. The molecule has 0 aromatic carbocycles. The molecule has 1 unspecified atom stereocenters. The van der Waals surface area contributed by atoms with E-state index in [9.17, 15) is 9.59 Å². The van der Waals surface area contributed by atoms with Gasteiger partial charge in [0.1, 0.15) is 0 Å². The number of nitrogens with two attached hydrogens (primary N) is 1. The summed E-state index contributed by atoms with van der Waals surface area (Å²) in [5.74, 6) is -0.0154. The summed E-state index contributed by atoms with van der Waals surface area (Å²) in [6, 6.07) is -0.578. The van der Waals surface area contributed by atoms with Crippen LogP contribution in [0.1, 0.15) is 26.7 Å². The van der Waals surface area contributed by atoms with E-state index in [0.717, 1.165) is 6.42 Å². The number of hydrogen-bond acceptors (Lipinski definition) is 3. The van der Waals surface area contributed by atoms with E-state index in [-0.39, 0.29) is 23.8 Å². The molecule has 1 saturated heterocycles. The lowest BCUT2D eigenvalue weighted by atomic mass is 9.99. The molecule has 86 valence electrons. The summed E-state index contributed by atoms with van der Waals surface area (Å²) in [6.45, 7) is 4.46.